The number of carbonyl (C=O) groups excluding carboxylic acids is 1. The molecule has 1 atom stereocenters. The van der Waals surface area contributed by atoms with Crippen LogP contribution < -0.4 is 5.32 Å². The predicted molar refractivity (Wildman–Crippen MR) is 91.3 cm³/mol. The van der Waals surface area contributed by atoms with Crippen molar-refractivity contribution in [1.29, 1.82) is 0 Å². The van der Waals surface area contributed by atoms with E-state index in [4.69, 9.17) is 4.42 Å². The van der Waals surface area contributed by atoms with Crippen LogP contribution >= 0.6 is 11.3 Å². The largest absolute Gasteiger partial charge is 0.459 e. The molecule has 0 bridgehead atoms. The van der Waals surface area contributed by atoms with Crippen LogP contribution in [0.4, 0.5) is 0 Å². The summed E-state index contributed by atoms with van der Waals surface area (Å²) in [5, 5.41) is 14.9. The Bertz CT molecular complexity index is 655. The van der Waals surface area contributed by atoms with Gasteiger partial charge in [0.2, 0.25) is 5.91 Å². The van der Waals surface area contributed by atoms with E-state index in [0.29, 0.717) is 5.69 Å². The number of aromatic nitrogens is 1. The van der Waals surface area contributed by atoms with E-state index in [1.165, 1.54) is 11.3 Å². The van der Waals surface area contributed by atoms with Crippen molar-refractivity contribution >= 4 is 17.2 Å². The van der Waals surface area contributed by atoms with Gasteiger partial charge in [-0.05, 0) is 30.9 Å². The molecule has 5 nitrogen and oxygen atoms in total. The lowest BCUT2D eigenvalue weighted by Gasteiger charge is -2.25. The van der Waals surface area contributed by atoms with Gasteiger partial charge in [0, 0.05) is 5.38 Å². The molecule has 2 aromatic rings. The molecule has 2 N–H and O–H groups in total. The van der Waals surface area contributed by atoms with Gasteiger partial charge < -0.3 is 14.8 Å². The van der Waals surface area contributed by atoms with Crippen LogP contribution in [0.3, 0.4) is 0 Å². The highest BCUT2D eigenvalue weighted by atomic mass is 32.1. The molecule has 126 valence electrons. The average Bonchev–Trinajstić information content (AvgIpc) is 3.05. The van der Waals surface area contributed by atoms with E-state index in [9.17, 15) is 9.90 Å². The number of nitrogens with zero attached hydrogens (tertiary/aromatic N) is 1. The third-order valence-electron chi connectivity index (χ3n) is 3.29. The summed E-state index contributed by atoms with van der Waals surface area (Å²) >= 11 is 1.46. The first-order valence-corrected chi connectivity index (χ1v) is 8.56. The number of thiazole rings is 1. The van der Waals surface area contributed by atoms with Gasteiger partial charge in [-0.3, -0.25) is 4.79 Å². The number of furan rings is 1. The zero-order chi connectivity index (χ0) is 17.0. The van der Waals surface area contributed by atoms with Crippen molar-refractivity contribution in [2.45, 2.75) is 46.6 Å². The molecule has 0 fully saturated rings. The third-order valence-corrected chi connectivity index (χ3v) is 4.19. The molecule has 6 heteroatoms. The van der Waals surface area contributed by atoms with E-state index in [2.05, 4.69) is 31.1 Å². The second kappa shape index (κ2) is 7.27. The molecule has 2 aromatic heterocycles. The van der Waals surface area contributed by atoms with Gasteiger partial charge in [0.1, 0.15) is 5.76 Å². The average molecular weight is 336 g/mol. The first-order valence-electron chi connectivity index (χ1n) is 7.68. The molecule has 1 amide bonds. The van der Waals surface area contributed by atoms with Crippen LogP contribution in [0.5, 0.6) is 0 Å². The molecule has 0 radical (unpaired) electrons. The zero-order valence-corrected chi connectivity index (χ0v) is 14.9. The predicted octanol–water partition coefficient (Wildman–Crippen LogP) is 3.17. The van der Waals surface area contributed by atoms with Crippen molar-refractivity contribution in [3.63, 3.8) is 0 Å². The number of rotatable bonds is 6. The van der Waals surface area contributed by atoms with Crippen molar-refractivity contribution in [2.24, 2.45) is 5.41 Å². The van der Waals surface area contributed by atoms with Crippen molar-refractivity contribution < 1.29 is 14.3 Å². The lowest BCUT2D eigenvalue weighted by molar-refractivity contribution is -0.121. The summed E-state index contributed by atoms with van der Waals surface area (Å²) in [5.41, 5.74) is 0.759. The lowest BCUT2D eigenvalue weighted by Crippen LogP contribution is -2.40. The number of aliphatic hydroxyl groups excluding tert-OH is 1. The quantitative estimate of drug-likeness (QED) is 0.849. The Balaban J connectivity index is 1.94. The van der Waals surface area contributed by atoms with Gasteiger partial charge in [0.15, 0.2) is 10.8 Å². The van der Waals surface area contributed by atoms with Crippen molar-refractivity contribution in [1.82, 2.24) is 10.3 Å². The molecule has 1 unspecified atom stereocenters. The standard InChI is InChI=1S/C17H24N2O3S/c1-11-5-6-14(22-11)16-19-12(10-23-16)7-15(21)18-13(9-20)8-17(2,3)4/h5-6,10,13,20H,7-9H2,1-4H3,(H,18,21). The van der Waals surface area contributed by atoms with Gasteiger partial charge in [-0.15, -0.1) is 11.3 Å². The molecule has 2 rings (SSSR count). The van der Waals surface area contributed by atoms with Crippen LogP contribution in [0.1, 0.15) is 38.6 Å². The minimum Gasteiger partial charge on any atom is -0.459 e. The Hall–Kier alpha value is -1.66. The summed E-state index contributed by atoms with van der Waals surface area (Å²) < 4.78 is 5.54. The molecule has 0 spiro atoms. The minimum atomic E-state index is -0.228. The van der Waals surface area contributed by atoms with Crippen LogP contribution in [-0.2, 0) is 11.2 Å². The fourth-order valence-electron chi connectivity index (χ4n) is 2.39. The number of aryl methyl sites for hydroxylation is 1. The summed E-state index contributed by atoms with van der Waals surface area (Å²) in [6, 6.07) is 3.54. The summed E-state index contributed by atoms with van der Waals surface area (Å²) in [5.74, 6) is 1.43. The fourth-order valence-corrected chi connectivity index (χ4v) is 3.17. The Morgan fingerprint density at radius 1 is 1.43 bits per heavy atom. The maximum Gasteiger partial charge on any atom is 0.226 e. The number of carbonyl (C=O) groups is 1. The first kappa shape index (κ1) is 17.7. The summed E-state index contributed by atoms with van der Waals surface area (Å²) in [6.45, 7) is 8.08. The number of hydrogen-bond donors (Lipinski definition) is 2. The number of hydrogen-bond acceptors (Lipinski definition) is 5. The van der Waals surface area contributed by atoms with Crippen LogP contribution in [0.2, 0.25) is 0 Å². The van der Waals surface area contributed by atoms with Crippen LogP contribution in [-0.4, -0.2) is 28.6 Å². The highest BCUT2D eigenvalue weighted by Gasteiger charge is 2.20. The Kier molecular flexibility index (Phi) is 5.59. The number of aliphatic hydroxyl groups is 1. The Labute approximate surface area is 140 Å². The van der Waals surface area contributed by atoms with Crippen LogP contribution in [0.15, 0.2) is 21.9 Å². The summed E-state index contributed by atoms with van der Waals surface area (Å²) in [4.78, 5) is 16.6. The monoisotopic (exact) mass is 336 g/mol. The fraction of sp³-hybridized carbons (Fsp3) is 0.529. The highest BCUT2D eigenvalue weighted by Crippen LogP contribution is 2.26. The number of amides is 1. The molecule has 0 aliphatic rings. The smallest absolute Gasteiger partial charge is 0.226 e. The topological polar surface area (TPSA) is 75.4 Å². The second-order valence-electron chi connectivity index (χ2n) is 6.94. The van der Waals surface area contributed by atoms with E-state index < -0.39 is 0 Å². The van der Waals surface area contributed by atoms with Crippen molar-refractivity contribution in [3.05, 3.63) is 29.0 Å². The van der Waals surface area contributed by atoms with Gasteiger partial charge in [0.05, 0.1) is 24.8 Å². The van der Waals surface area contributed by atoms with Gasteiger partial charge in [-0.25, -0.2) is 4.98 Å². The summed E-state index contributed by atoms with van der Waals surface area (Å²) in [6.07, 6.45) is 0.931. The normalized spacial score (nSPS) is 13.1. The Morgan fingerprint density at radius 2 is 2.17 bits per heavy atom. The molecule has 23 heavy (non-hydrogen) atoms. The van der Waals surface area contributed by atoms with Crippen LogP contribution in [0.25, 0.3) is 10.8 Å². The molecule has 0 aromatic carbocycles. The molecule has 0 aliphatic heterocycles. The Morgan fingerprint density at radius 3 is 2.74 bits per heavy atom. The van der Waals surface area contributed by atoms with E-state index in [1.807, 2.05) is 24.4 Å². The van der Waals surface area contributed by atoms with Gasteiger partial charge in [-0.1, -0.05) is 20.8 Å². The lowest BCUT2D eigenvalue weighted by atomic mass is 9.88. The zero-order valence-electron chi connectivity index (χ0n) is 14.0. The van der Waals surface area contributed by atoms with E-state index in [1.54, 1.807) is 0 Å². The molecule has 0 aliphatic carbocycles. The van der Waals surface area contributed by atoms with E-state index >= 15 is 0 Å². The molecular formula is C17H24N2O3S. The van der Waals surface area contributed by atoms with Crippen molar-refractivity contribution in [3.8, 4) is 10.8 Å². The third kappa shape index (κ3) is 5.48. The molecular weight excluding hydrogens is 312 g/mol. The molecule has 2 heterocycles. The molecule has 0 saturated carbocycles. The second-order valence-corrected chi connectivity index (χ2v) is 7.80. The SMILES string of the molecule is Cc1ccc(-c2nc(CC(=O)NC(CO)CC(C)(C)C)cs2)o1. The minimum absolute atomic E-state index is 0.0472. The van der Waals surface area contributed by atoms with Gasteiger partial charge in [-0.2, -0.15) is 0 Å². The van der Waals surface area contributed by atoms with Gasteiger partial charge >= 0.3 is 0 Å². The van der Waals surface area contributed by atoms with E-state index in [0.717, 1.165) is 22.9 Å². The highest BCUT2D eigenvalue weighted by molar-refractivity contribution is 7.13. The maximum absolute atomic E-state index is 12.1. The van der Waals surface area contributed by atoms with Crippen LogP contribution in [0, 0.1) is 12.3 Å². The van der Waals surface area contributed by atoms with Crippen molar-refractivity contribution in [2.75, 3.05) is 6.61 Å². The van der Waals surface area contributed by atoms with Gasteiger partial charge in [0.25, 0.3) is 0 Å². The summed E-state index contributed by atoms with van der Waals surface area (Å²) in [7, 11) is 0. The maximum atomic E-state index is 12.1. The molecule has 0 saturated heterocycles. The van der Waals surface area contributed by atoms with E-state index in [-0.39, 0.29) is 30.4 Å². The first-order chi connectivity index (χ1) is 10.8. The number of nitrogens with one attached hydrogen (secondary N) is 1.